The second-order valence-electron chi connectivity index (χ2n) is 6.96. The first-order valence-corrected chi connectivity index (χ1v) is 9.69. The van der Waals surface area contributed by atoms with Gasteiger partial charge in [-0.25, -0.2) is 4.98 Å². The van der Waals surface area contributed by atoms with Gasteiger partial charge in [-0.15, -0.1) is 0 Å². The maximum atomic E-state index is 12.5. The molecule has 2 aromatic rings. The number of carbonyl (C=O) groups excluding carboxylic acids is 1. The largest absolute Gasteiger partial charge is 0.342 e. The van der Waals surface area contributed by atoms with Gasteiger partial charge in [0.25, 0.3) is 0 Å². The van der Waals surface area contributed by atoms with Gasteiger partial charge in [0.05, 0.1) is 16.8 Å². The van der Waals surface area contributed by atoms with Gasteiger partial charge in [-0.1, -0.05) is 18.7 Å². The van der Waals surface area contributed by atoms with Crippen LogP contribution in [0.1, 0.15) is 36.5 Å². The normalized spacial score (nSPS) is 17.5. The number of amides is 1. The number of rotatable bonds is 3. The van der Waals surface area contributed by atoms with E-state index in [1.807, 2.05) is 17.0 Å². The van der Waals surface area contributed by atoms with Gasteiger partial charge in [-0.2, -0.15) is 5.26 Å². The fourth-order valence-corrected chi connectivity index (χ4v) is 4.12. The smallest absolute Gasteiger partial charge is 0.232 e. The lowest BCUT2D eigenvalue weighted by molar-refractivity contribution is -0.130. The van der Waals surface area contributed by atoms with E-state index in [0.717, 1.165) is 30.4 Å². The number of nitrogens with zero attached hydrogens (tertiary/aromatic N) is 3. The van der Waals surface area contributed by atoms with E-state index in [1.165, 1.54) is 29.3 Å². The molecule has 1 aromatic carbocycles. The minimum absolute atomic E-state index is 0.141. The number of likely N-dealkylation sites (tertiary alicyclic amines) is 1. The molecule has 130 valence electrons. The molecule has 1 aliphatic heterocycles. The second kappa shape index (κ2) is 7.45. The van der Waals surface area contributed by atoms with Crippen molar-refractivity contribution in [3.05, 3.63) is 34.9 Å². The number of carbonyl (C=O) groups is 1. The first kappa shape index (κ1) is 17.8. The van der Waals surface area contributed by atoms with Crippen molar-refractivity contribution < 1.29 is 4.79 Å². The molecule has 3 rings (SSSR count). The van der Waals surface area contributed by atoms with Crippen LogP contribution in [0.25, 0.3) is 10.9 Å². The minimum Gasteiger partial charge on any atom is -0.342 e. The predicted octanol–water partition coefficient (Wildman–Crippen LogP) is 4.07. The molecule has 0 aliphatic carbocycles. The maximum Gasteiger partial charge on any atom is 0.232 e. The van der Waals surface area contributed by atoms with Gasteiger partial charge < -0.3 is 4.90 Å². The van der Waals surface area contributed by atoms with E-state index in [4.69, 9.17) is 0 Å². The third-order valence-electron chi connectivity index (χ3n) is 4.86. The van der Waals surface area contributed by atoms with Crippen LogP contribution in [0.15, 0.2) is 23.2 Å². The van der Waals surface area contributed by atoms with Crippen LogP contribution in [0, 0.1) is 31.1 Å². The summed E-state index contributed by atoms with van der Waals surface area (Å²) < 4.78 is 0. The van der Waals surface area contributed by atoms with Gasteiger partial charge in [0, 0.05) is 18.5 Å². The quantitative estimate of drug-likeness (QED) is 0.781. The molecule has 1 fully saturated rings. The van der Waals surface area contributed by atoms with Crippen LogP contribution in [0.3, 0.4) is 0 Å². The average Bonchev–Trinajstić information content (AvgIpc) is 2.60. The standard InChI is InChI=1S/C20H23N3OS/c1-13-5-4-6-23(11-13)19(24)12-25-20-17(10-21)9-16-7-14(2)15(3)8-18(16)22-20/h7-9,13H,4-6,11-12H2,1-3H3. The zero-order chi connectivity index (χ0) is 18.0. The van der Waals surface area contributed by atoms with Gasteiger partial charge >= 0.3 is 0 Å². The van der Waals surface area contributed by atoms with E-state index in [-0.39, 0.29) is 5.91 Å². The summed E-state index contributed by atoms with van der Waals surface area (Å²) >= 11 is 1.37. The SMILES string of the molecule is Cc1cc2cc(C#N)c(SCC(=O)N3CCCC(C)C3)nc2cc1C. The molecule has 1 atom stereocenters. The topological polar surface area (TPSA) is 57.0 Å². The average molecular weight is 353 g/mol. The molecule has 5 heteroatoms. The highest BCUT2D eigenvalue weighted by Crippen LogP contribution is 2.27. The Labute approximate surface area is 153 Å². The Morgan fingerprint density at radius 3 is 2.84 bits per heavy atom. The van der Waals surface area contributed by atoms with Crippen LogP contribution >= 0.6 is 11.8 Å². The number of benzene rings is 1. The van der Waals surface area contributed by atoms with Crippen LogP contribution in [-0.4, -0.2) is 34.6 Å². The third kappa shape index (κ3) is 3.96. The molecule has 1 unspecified atom stereocenters. The molecule has 0 spiro atoms. The van der Waals surface area contributed by atoms with E-state index in [9.17, 15) is 10.1 Å². The number of thioether (sulfide) groups is 1. The van der Waals surface area contributed by atoms with Crippen molar-refractivity contribution in [1.29, 1.82) is 5.26 Å². The monoisotopic (exact) mass is 353 g/mol. The van der Waals surface area contributed by atoms with Crippen molar-refractivity contribution in [3.8, 4) is 6.07 Å². The van der Waals surface area contributed by atoms with Gasteiger partial charge in [-0.05, 0) is 61.9 Å². The van der Waals surface area contributed by atoms with Crippen LogP contribution < -0.4 is 0 Å². The lowest BCUT2D eigenvalue weighted by atomic mass is 10.0. The van der Waals surface area contributed by atoms with Crippen LogP contribution in [0.2, 0.25) is 0 Å². The van der Waals surface area contributed by atoms with Crippen LogP contribution in [0.4, 0.5) is 0 Å². The van der Waals surface area contributed by atoms with Crippen LogP contribution in [-0.2, 0) is 4.79 Å². The van der Waals surface area contributed by atoms with E-state index >= 15 is 0 Å². The molecule has 1 aliphatic rings. The number of fused-ring (bicyclic) bond motifs is 1. The molecule has 25 heavy (non-hydrogen) atoms. The summed E-state index contributed by atoms with van der Waals surface area (Å²) in [5.41, 5.74) is 3.79. The molecular formula is C20H23N3OS. The Morgan fingerprint density at radius 1 is 1.36 bits per heavy atom. The van der Waals surface area contributed by atoms with Crippen molar-refractivity contribution >= 4 is 28.6 Å². The lowest BCUT2D eigenvalue weighted by Gasteiger charge is -2.30. The minimum atomic E-state index is 0.141. The Morgan fingerprint density at radius 2 is 2.12 bits per heavy atom. The zero-order valence-corrected chi connectivity index (χ0v) is 15.8. The molecule has 0 bridgehead atoms. The fraction of sp³-hybridized carbons (Fsp3) is 0.450. The van der Waals surface area contributed by atoms with Crippen molar-refractivity contribution in [2.45, 2.75) is 38.6 Å². The number of hydrogen-bond donors (Lipinski definition) is 0. The molecular weight excluding hydrogens is 330 g/mol. The van der Waals surface area contributed by atoms with Crippen LogP contribution in [0.5, 0.6) is 0 Å². The number of pyridine rings is 1. The van der Waals surface area contributed by atoms with E-state index in [1.54, 1.807) is 0 Å². The number of piperidine rings is 1. The second-order valence-corrected chi connectivity index (χ2v) is 7.92. The molecule has 0 N–H and O–H groups in total. The van der Waals surface area contributed by atoms with E-state index in [0.29, 0.717) is 22.3 Å². The molecule has 2 heterocycles. The molecule has 1 saturated heterocycles. The molecule has 1 aromatic heterocycles. The lowest BCUT2D eigenvalue weighted by Crippen LogP contribution is -2.40. The predicted molar refractivity (Wildman–Crippen MR) is 102 cm³/mol. The van der Waals surface area contributed by atoms with Crippen molar-refractivity contribution in [2.24, 2.45) is 5.92 Å². The van der Waals surface area contributed by atoms with Crippen molar-refractivity contribution in [2.75, 3.05) is 18.8 Å². The third-order valence-corrected chi connectivity index (χ3v) is 5.83. The summed E-state index contributed by atoms with van der Waals surface area (Å²) in [6, 6.07) is 8.21. The highest BCUT2D eigenvalue weighted by Gasteiger charge is 2.21. The summed E-state index contributed by atoms with van der Waals surface area (Å²) in [5, 5.41) is 11.1. The number of aromatic nitrogens is 1. The summed E-state index contributed by atoms with van der Waals surface area (Å²) in [5.74, 6) is 1.05. The maximum absolute atomic E-state index is 12.5. The van der Waals surface area contributed by atoms with Crippen molar-refractivity contribution in [1.82, 2.24) is 9.88 Å². The van der Waals surface area contributed by atoms with Gasteiger partial charge in [0.15, 0.2) is 0 Å². The Hall–Kier alpha value is -2.06. The Balaban J connectivity index is 1.79. The Bertz CT molecular complexity index is 856. The molecule has 0 saturated carbocycles. The van der Waals surface area contributed by atoms with E-state index < -0.39 is 0 Å². The van der Waals surface area contributed by atoms with Crippen molar-refractivity contribution in [3.63, 3.8) is 0 Å². The molecule has 1 amide bonds. The number of nitriles is 1. The molecule has 4 nitrogen and oxygen atoms in total. The Kier molecular flexibility index (Phi) is 5.29. The summed E-state index contributed by atoms with van der Waals surface area (Å²) in [6.07, 6.45) is 2.27. The van der Waals surface area contributed by atoms with Gasteiger partial charge in [0.2, 0.25) is 5.91 Å². The number of aryl methyl sites for hydroxylation is 2. The fourth-order valence-electron chi connectivity index (χ4n) is 3.25. The molecule has 0 radical (unpaired) electrons. The first-order valence-electron chi connectivity index (χ1n) is 8.70. The first-order chi connectivity index (χ1) is 12.0. The number of hydrogen-bond acceptors (Lipinski definition) is 4. The van der Waals surface area contributed by atoms with Gasteiger partial charge in [0.1, 0.15) is 11.1 Å². The highest BCUT2D eigenvalue weighted by molar-refractivity contribution is 8.00. The van der Waals surface area contributed by atoms with Gasteiger partial charge in [-0.3, -0.25) is 4.79 Å². The van der Waals surface area contributed by atoms with E-state index in [2.05, 4.69) is 37.9 Å². The summed E-state index contributed by atoms with van der Waals surface area (Å²) in [7, 11) is 0. The summed E-state index contributed by atoms with van der Waals surface area (Å²) in [4.78, 5) is 19.1. The highest BCUT2D eigenvalue weighted by atomic mass is 32.2. The zero-order valence-electron chi connectivity index (χ0n) is 15.0. The summed E-state index contributed by atoms with van der Waals surface area (Å²) in [6.45, 7) is 7.99.